The third-order valence-corrected chi connectivity index (χ3v) is 11.1. The van der Waals surface area contributed by atoms with Crippen LogP contribution in [0.4, 0.5) is 0 Å². The van der Waals surface area contributed by atoms with Gasteiger partial charge in [-0.1, -0.05) is 74.4 Å². The van der Waals surface area contributed by atoms with Crippen LogP contribution in [0.2, 0.25) is 0 Å². The summed E-state index contributed by atoms with van der Waals surface area (Å²) in [7, 11) is -10.0. The van der Waals surface area contributed by atoms with E-state index in [0.717, 1.165) is 36.4 Å². The van der Waals surface area contributed by atoms with Crippen LogP contribution in [0, 0.1) is 0 Å². The fraction of sp³-hybridized carbons (Fsp3) is 0.364. The van der Waals surface area contributed by atoms with Crippen molar-refractivity contribution in [2.45, 2.75) is 98.1 Å². The Bertz CT molecular complexity index is 1820. The van der Waals surface area contributed by atoms with Gasteiger partial charge in [0.25, 0.3) is 0 Å². The molecular formula is C33H38O10S2. The number of carboxylic acid groups (broad SMARTS) is 3. The summed E-state index contributed by atoms with van der Waals surface area (Å²) in [5.41, 5.74) is -3.60. The van der Waals surface area contributed by atoms with Gasteiger partial charge in [-0.15, -0.1) is 0 Å². The van der Waals surface area contributed by atoms with Crippen LogP contribution < -0.4 is 0 Å². The summed E-state index contributed by atoms with van der Waals surface area (Å²) in [5.74, 6) is -5.09. The van der Waals surface area contributed by atoms with E-state index in [9.17, 15) is 46.5 Å². The summed E-state index contributed by atoms with van der Waals surface area (Å²) in [6.07, 6.45) is 0. The van der Waals surface area contributed by atoms with Crippen molar-refractivity contribution in [2.24, 2.45) is 0 Å². The summed E-state index contributed by atoms with van der Waals surface area (Å²) in [5, 5.41) is 30.2. The molecule has 0 heterocycles. The number of carboxylic acids is 3. The highest BCUT2D eigenvalue weighted by molar-refractivity contribution is 7.92. The molecule has 3 aromatic rings. The molecule has 0 atom stereocenters. The van der Waals surface area contributed by atoms with E-state index in [0.29, 0.717) is 11.1 Å². The van der Waals surface area contributed by atoms with Crippen LogP contribution in [0.5, 0.6) is 0 Å². The van der Waals surface area contributed by atoms with Crippen molar-refractivity contribution in [3.05, 3.63) is 81.9 Å². The first-order valence-electron chi connectivity index (χ1n) is 13.9. The Balaban J connectivity index is 2.62. The summed E-state index contributed by atoms with van der Waals surface area (Å²) in [6, 6.07) is 9.51. The van der Waals surface area contributed by atoms with Crippen LogP contribution in [0.1, 0.15) is 110 Å². The summed E-state index contributed by atoms with van der Waals surface area (Å²) < 4.78 is 57.6. The van der Waals surface area contributed by atoms with Gasteiger partial charge in [-0.3, -0.25) is 0 Å². The molecular weight excluding hydrogens is 620 g/mol. The summed E-state index contributed by atoms with van der Waals surface area (Å²) in [4.78, 5) is 34.0. The molecule has 3 N–H and O–H groups in total. The second kappa shape index (κ2) is 11.4. The predicted molar refractivity (Wildman–Crippen MR) is 167 cm³/mol. The molecule has 0 saturated heterocycles. The first kappa shape index (κ1) is 35.4. The molecule has 0 aliphatic rings. The van der Waals surface area contributed by atoms with Crippen LogP contribution in [0.15, 0.2) is 68.1 Å². The lowest BCUT2D eigenvalue weighted by Crippen LogP contribution is -2.22. The standard InChI is InChI=1S/C33H38O10S2/c1-31(2,3)18-10-12-21(28(34)35)23(14-18)44(40,41)25-16-20(33(7,8)9)17-26(27(25)30(38)39)45(42,43)24-15-19(32(4,5)6)11-13-22(24)29(36)37/h10-17H,1-9H3,(H,34,35)(H,36,37)(H,38,39). The minimum absolute atomic E-state index is 0.109. The van der Waals surface area contributed by atoms with Crippen molar-refractivity contribution in [3.8, 4) is 0 Å². The minimum Gasteiger partial charge on any atom is -0.478 e. The van der Waals surface area contributed by atoms with E-state index in [1.807, 2.05) is 0 Å². The predicted octanol–water partition coefficient (Wildman–Crippen LogP) is 6.34. The molecule has 3 aromatic carbocycles. The maximum atomic E-state index is 14.4. The zero-order valence-corrected chi connectivity index (χ0v) is 28.3. The maximum absolute atomic E-state index is 14.4. The fourth-order valence-electron chi connectivity index (χ4n) is 4.67. The van der Waals surface area contributed by atoms with Crippen molar-refractivity contribution < 1.29 is 46.5 Å². The van der Waals surface area contributed by atoms with E-state index in [4.69, 9.17) is 0 Å². The van der Waals surface area contributed by atoms with Gasteiger partial charge < -0.3 is 15.3 Å². The van der Waals surface area contributed by atoms with Gasteiger partial charge in [-0.2, -0.15) is 0 Å². The lowest BCUT2D eigenvalue weighted by Gasteiger charge is -2.25. The Kier molecular flexibility index (Phi) is 8.98. The zero-order chi connectivity index (χ0) is 34.7. The number of benzene rings is 3. The third-order valence-electron chi connectivity index (χ3n) is 7.46. The van der Waals surface area contributed by atoms with E-state index >= 15 is 0 Å². The zero-order valence-electron chi connectivity index (χ0n) is 26.6. The molecule has 0 unspecified atom stereocenters. The van der Waals surface area contributed by atoms with Crippen molar-refractivity contribution in [2.75, 3.05) is 0 Å². The van der Waals surface area contributed by atoms with Gasteiger partial charge in [0.15, 0.2) is 0 Å². The smallest absolute Gasteiger partial charge is 0.338 e. The molecule has 10 nitrogen and oxygen atoms in total. The largest absolute Gasteiger partial charge is 0.478 e. The monoisotopic (exact) mass is 658 g/mol. The quantitative estimate of drug-likeness (QED) is 0.259. The summed E-state index contributed by atoms with van der Waals surface area (Å²) >= 11 is 0. The van der Waals surface area contributed by atoms with Crippen molar-refractivity contribution in [1.82, 2.24) is 0 Å². The SMILES string of the molecule is CC(C)(C)c1ccc(C(=O)O)c(S(=O)(=O)c2cc(C(C)(C)C)cc(S(=O)(=O)c3cc(C(C)(C)C)ccc3C(=O)O)c2C(=O)O)c1. The van der Waals surface area contributed by atoms with Crippen molar-refractivity contribution in [1.29, 1.82) is 0 Å². The van der Waals surface area contributed by atoms with Crippen molar-refractivity contribution in [3.63, 3.8) is 0 Å². The van der Waals surface area contributed by atoms with Gasteiger partial charge in [0, 0.05) is 0 Å². The molecule has 0 saturated carbocycles. The Morgan fingerprint density at radius 1 is 0.467 bits per heavy atom. The number of hydrogen-bond acceptors (Lipinski definition) is 7. The number of sulfone groups is 2. The van der Waals surface area contributed by atoms with Crippen molar-refractivity contribution >= 4 is 37.6 Å². The van der Waals surface area contributed by atoms with E-state index < -0.39 is 90.1 Å². The van der Waals surface area contributed by atoms with Gasteiger partial charge >= 0.3 is 17.9 Å². The highest BCUT2D eigenvalue weighted by Gasteiger charge is 2.38. The first-order chi connectivity index (χ1) is 20.2. The van der Waals surface area contributed by atoms with Crippen LogP contribution >= 0.6 is 0 Å². The topological polar surface area (TPSA) is 180 Å². The molecule has 12 heteroatoms. The van der Waals surface area contributed by atoms with Crippen LogP contribution in [0.3, 0.4) is 0 Å². The van der Waals surface area contributed by atoms with Gasteiger partial charge in [-0.25, -0.2) is 31.2 Å². The summed E-state index contributed by atoms with van der Waals surface area (Å²) in [6.45, 7) is 15.6. The van der Waals surface area contributed by atoms with Gasteiger partial charge in [0.05, 0.1) is 36.3 Å². The Morgan fingerprint density at radius 2 is 0.756 bits per heavy atom. The molecule has 0 aromatic heterocycles. The average Bonchev–Trinajstić information content (AvgIpc) is 2.89. The molecule has 242 valence electrons. The second-order valence-corrected chi connectivity index (χ2v) is 17.7. The van der Waals surface area contributed by atoms with E-state index in [-0.39, 0.29) is 5.56 Å². The number of carbonyl (C=O) groups is 3. The molecule has 3 rings (SSSR count). The number of aromatic carboxylic acids is 3. The molecule has 0 aliphatic carbocycles. The highest BCUT2D eigenvalue weighted by Crippen LogP contribution is 2.40. The Labute approximate surface area is 263 Å². The lowest BCUT2D eigenvalue weighted by atomic mass is 9.86. The average molecular weight is 659 g/mol. The first-order valence-corrected chi connectivity index (χ1v) is 16.9. The fourth-order valence-corrected chi connectivity index (χ4v) is 8.16. The Hall–Kier alpha value is -4.03. The van der Waals surface area contributed by atoms with Crippen LogP contribution in [-0.4, -0.2) is 50.1 Å². The normalized spacial score (nSPS) is 13.0. The molecule has 0 radical (unpaired) electrons. The molecule has 0 fully saturated rings. The van der Waals surface area contributed by atoms with Gasteiger partial charge in [-0.05, 0) is 69.3 Å². The van der Waals surface area contributed by atoms with Gasteiger partial charge in [0.2, 0.25) is 19.7 Å². The molecule has 0 bridgehead atoms. The van der Waals surface area contributed by atoms with Gasteiger partial charge in [0.1, 0.15) is 0 Å². The van der Waals surface area contributed by atoms with E-state index in [2.05, 4.69) is 0 Å². The van der Waals surface area contributed by atoms with E-state index in [1.54, 1.807) is 62.3 Å². The highest BCUT2D eigenvalue weighted by atomic mass is 32.2. The number of rotatable bonds is 7. The molecule has 0 amide bonds. The third kappa shape index (κ3) is 6.81. The molecule has 0 aliphatic heterocycles. The van der Waals surface area contributed by atoms with Crippen LogP contribution in [0.25, 0.3) is 0 Å². The lowest BCUT2D eigenvalue weighted by molar-refractivity contribution is 0.0680. The molecule has 0 spiro atoms. The molecule has 45 heavy (non-hydrogen) atoms. The Morgan fingerprint density at radius 3 is 1.00 bits per heavy atom. The number of hydrogen-bond donors (Lipinski definition) is 3. The van der Waals surface area contributed by atoms with E-state index in [1.165, 1.54) is 12.1 Å². The maximum Gasteiger partial charge on any atom is 0.338 e. The second-order valence-electron chi connectivity index (χ2n) is 13.9. The van der Waals surface area contributed by atoms with Crippen LogP contribution in [-0.2, 0) is 35.9 Å². The minimum atomic E-state index is -5.02.